The molecule has 3 heterocycles. The summed E-state index contributed by atoms with van der Waals surface area (Å²) in [5.74, 6) is 1.81. The first-order valence-electron chi connectivity index (χ1n) is 7.96. The van der Waals surface area contributed by atoms with Crippen LogP contribution in [0.25, 0.3) is 0 Å². The van der Waals surface area contributed by atoms with Crippen LogP contribution >= 0.6 is 11.3 Å². The van der Waals surface area contributed by atoms with Gasteiger partial charge >= 0.3 is 0 Å². The smallest absolute Gasteiger partial charge is 0.230 e. The van der Waals surface area contributed by atoms with Crippen LogP contribution in [0.15, 0.2) is 21.9 Å². The molecule has 0 N–H and O–H groups in total. The minimum Gasteiger partial charge on any atom is -0.424 e. The normalized spacial score (nSPS) is 16.2. The van der Waals surface area contributed by atoms with E-state index in [1.807, 2.05) is 36.3 Å². The predicted molar refractivity (Wildman–Crippen MR) is 88.3 cm³/mol. The second-order valence-corrected chi connectivity index (χ2v) is 7.13. The third kappa shape index (κ3) is 4.17. The topological polar surface area (TPSA) is 62.5 Å². The van der Waals surface area contributed by atoms with Crippen LogP contribution in [0.1, 0.15) is 36.4 Å². The second-order valence-electron chi connectivity index (χ2n) is 6.10. The summed E-state index contributed by atoms with van der Waals surface area (Å²) in [5, 5.41) is 10.2. The third-order valence-electron chi connectivity index (χ3n) is 3.97. The number of hydrogen-bond donors (Lipinski definition) is 0. The number of amides is 1. The second kappa shape index (κ2) is 7.23. The van der Waals surface area contributed by atoms with Crippen molar-refractivity contribution in [2.45, 2.75) is 32.7 Å². The molecule has 7 heteroatoms. The van der Waals surface area contributed by atoms with Gasteiger partial charge in [0.25, 0.3) is 0 Å². The number of carbonyl (C=O) groups is 1. The van der Waals surface area contributed by atoms with Gasteiger partial charge in [-0.05, 0) is 11.4 Å². The summed E-state index contributed by atoms with van der Waals surface area (Å²) >= 11 is 1.64. The van der Waals surface area contributed by atoms with Gasteiger partial charge in [0, 0.05) is 37.0 Å². The third-order valence-corrected chi connectivity index (χ3v) is 4.84. The zero-order chi connectivity index (χ0) is 16.2. The van der Waals surface area contributed by atoms with Gasteiger partial charge in [0.1, 0.15) is 0 Å². The van der Waals surface area contributed by atoms with Gasteiger partial charge in [-0.2, -0.15) is 0 Å². The number of nitrogens with zero attached hydrogens (tertiary/aromatic N) is 4. The fourth-order valence-corrected chi connectivity index (χ4v) is 3.28. The largest absolute Gasteiger partial charge is 0.424 e. The predicted octanol–water partition coefficient (Wildman–Crippen LogP) is 2.14. The van der Waals surface area contributed by atoms with Gasteiger partial charge < -0.3 is 9.32 Å². The van der Waals surface area contributed by atoms with E-state index in [4.69, 9.17) is 4.42 Å². The molecule has 1 amide bonds. The van der Waals surface area contributed by atoms with Crippen LogP contribution in [0.2, 0.25) is 0 Å². The maximum Gasteiger partial charge on any atom is 0.230 e. The summed E-state index contributed by atoms with van der Waals surface area (Å²) in [5.41, 5.74) is 0. The number of carbonyl (C=O) groups excluding carboxylic acids is 1. The molecule has 0 atom stereocenters. The van der Waals surface area contributed by atoms with Crippen LogP contribution in [0.5, 0.6) is 0 Å². The first-order valence-corrected chi connectivity index (χ1v) is 8.84. The molecule has 2 aromatic rings. The Morgan fingerprint density at radius 3 is 2.70 bits per heavy atom. The zero-order valence-corrected chi connectivity index (χ0v) is 14.4. The highest BCUT2D eigenvalue weighted by molar-refractivity contribution is 7.10. The molecule has 23 heavy (non-hydrogen) atoms. The molecule has 1 aliphatic heterocycles. The number of aromatic nitrogens is 2. The van der Waals surface area contributed by atoms with Gasteiger partial charge in [0.2, 0.25) is 17.7 Å². The molecule has 0 saturated carbocycles. The minimum absolute atomic E-state index is 0.215. The number of thiophene rings is 1. The Morgan fingerprint density at radius 1 is 1.30 bits per heavy atom. The quantitative estimate of drug-likeness (QED) is 0.838. The monoisotopic (exact) mass is 334 g/mol. The number of hydrogen-bond acceptors (Lipinski definition) is 6. The number of rotatable bonds is 5. The van der Waals surface area contributed by atoms with Crippen LogP contribution in [-0.2, 0) is 17.8 Å². The Kier molecular flexibility index (Phi) is 5.07. The Morgan fingerprint density at radius 2 is 2.09 bits per heavy atom. The van der Waals surface area contributed by atoms with Gasteiger partial charge in [-0.1, -0.05) is 19.9 Å². The highest BCUT2D eigenvalue weighted by Crippen LogP contribution is 2.15. The molecule has 0 bridgehead atoms. The van der Waals surface area contributed by atoms with Crippen molar-refractivity contribution in [3.63, 3.8) is 0 Å². The molecule has 0 aromatic carbocycles. The van der Waals surface area contributed by atoms with Gasteiger partial charge in [-0.25, -0.2) is 0 Å². The number of piperazine rings is 1. The first-order chi connectivity index (χ1) is 11.1. The summed E-state index contributed by atoms with van der Waals surface area (Å²) < 4.78 is 5.65. The van der Waals surface area contributed by atoms with E-state index < -0.39 is 0 Å². The SMILES string of the molecule is CC(C)c1nnc(CN2CCN(C(=O)Cc3cccs3)CC2)o1. The lowest BCUT2D eigenvalue weighted by Gasteiger charge is -2.34. The summed E-state index contributed by atoms with van der Waals surface area (Å²) in [4.78, 5) is 17.6. The van der Waals surface area contributed by atoms with Crippen molar-refractivity contribution in [3.8, 4) is 0 Å². The molecule has 3 rings (SSSR count). The molecule has 124 valence electrons. The lowest BCUT2D eigenvalue weighted by molar-refractivity contribution is -0.132. The zero-order valence-electron chi connectivity index (χ0n) is 13.6. The average Bonchev–Trinajstić information content (AvgIpc) is 3.19. The highest BCUT2D eigenvalue weighted by atomic mass is 32.1. The molecule has 1 saturated heterocycles. The fraction of sp³-hybridized carbons (Fsp3) is 0.562. The maximum absolute atomic E-state index is 12.3. The van der Waals surface area contributed by atoms with Crippen LogP contribution in [0.4, 0.5) is 0 Å². The summed E-state index contributed by atoms with van der Waals surface area (Å²) in [6.07, 6.45) is 0.513. The minimum atomic E-state index is 0.215. The summed E-state index contributed by atoms with van der Waals surface area (Å²) in [7, 11) is 0. The summed E-state index contributed by atoms with van der Waals surface area (Å²) in [6, 6.07) is 4.00. The molecule has 0 aliphatic carbocycles. The van der Waals surface area contributed by atoms with Crippen molar-refractivity contribution in [3.05, 3.63) is 34.2 Å². The Bertz CT molecular complexity index is 630. The molecule has 6 nitrogen and oxygen atoms in total. The van der Waals surface area contributed by atoms with Gasteiger partial charge in [0.05, 0.1) is 13.0 Å². The highest BCUT2D eigenvalue weighted by Gasteiger charge is 2.22. The van der Waals surface area contributed by atoms with Crippen LogP contribution < -0.4 is 0 Å². The first kappa shape index (κ1) is 16.1. The van der Waals surface area contributed by atoms with E-state index >= 15 is 0 Å². The van der Waals surface area contributed by atoms with Gasteiger partial charge in [0.15, 0.2) is 0 Å². The molecule has 0 radical (unpaired) electrons. The molecule has 0 unspecified atom stereocenters. The van der Waals surface area contributed by atoms with E-state index in [0.717, 1.165) is 31.1 Å². The van der Waals surface area contributed by atoms with Crippen molar-refractivity contribution in [2.75, 3.05) is 26.2 Å². The molecule has 2 aromatic heterocycles. The Labute approximate surface area is 140 Å². The van der Waals surface area contributed by atoms with E-state index in [2.05, 4.69) is 15.1 Å². The van der Waals surface area contributed by atoms with Crippen LogP contribution in [0.3, 0.4) is 0 Å². The summed E-state index contributed by atoms with van der Waals surface area (Å²) in [6.45, 7) is 7.94. The Balaban J connectivity index is 1.47. The lowest BCUT2D eigenvalue weighted by Crippen LogP contribution is -2.48. The van der Waals surface area contributed by atoms with E-state index in [0.29, 0.717) is 24.7 Å². The van der Waals surface area contributed by atoms with Crippen LogP contribution in [0, 0.1) is 0 Å². The van der Waals surface area contributed by atoms with Crippen molar-refractivity contribution >= 4 is 17.2 Å². The molecule has 1 aliphatic rings. The van der Waals surface area contributed by atoms with Gasteiger partial charge in [-0.3, -0.25) is 9.69 Å². The van der Waals surface area contributed by atoms with Crippen molar-refractivity contribution in [1.29, 1.82) is 0 Å². The Hall–Kier alpha value is -1.73. The molecule has 0 spiro atoms. The van der Waals surface area contributed by atoms with E-state index in [1.54, 1.807) is 11.3 Å². The van der Waals surface area contributed by atoms with Crippen molar-refractivity contribution in [1.82, 2.24) is 20.0 Å². The van der Waals surface area contributed by atoms with Crippen molar-refractivity contribution in [2.24, 2.45) is 0 Å². The lowest BCUT2D eigenvalue weighted by atomic mass is 10.2. The molecular weight excluding hydrogens is 312 g/mol. The van der Waals surface area contributed by atoms with Crippen molar-refractivity contribution < 1.29 is 9.21 Å². The van der Waals surface area contributed by atoms with E-state index in [9.17, 15) is 4.79 Å². The van der Waals surface area contributed by atoms with E-state index in [1.165, 1.54) is 0 Å². The molecule has 1 fully saturated rings. The maximum atomic E-state index is 12.3. The fourth-order valence-electron chi connectivity index (χ4n) is 2.58. The van der Waals surface area contributed by atoms with Gasteiger partial charge in [-0.15, -0.1) is 21.5 Å². The molecular formula is C16H22N4O2S. The van der Waals surface area contributed by atoms with E-state index in [-0.39, 0.29) is 11.8 Å². The average molecular weight is 334 g/mol. The van der Waals surface area contributed by atoms with Crippen LogP contribution in [-0.4, -0.2) is 52.1 Å². The standard InChI is InChI=1S/C16H22N4O2S/c1-12(2)16-18-17-14(22-16)11-19-5-7-20(8-6-19)15(21)10-13-4-3-9-23-13/h3-4,9,12H,5-8,10-11H2,1-2H3.